The van der Waals surface area contributed by atoms with Crippen LogP contribution >= 0.6 is 0 Å². The van der Waals surface area contributed by atoms with Crippen LogP contribution in [0.3, 0.4) is 0 Å². The molecule has 0 atom stereocenters. The van der Waals surface area contributed by atoms with Crippen molar-refractivity contribution in [3.63, 3.8) is 0 Å². The van der Waals surface area contributed by atoms with Crippen LogP contribution in [-0.2, 0) is 6.54 Å². The molecule has 2 aromatic heterocycles. The first-order chi connectivity index (χ1) is 14.1. The van der Waals surface area contributed by atoms with Crippen LogP contribution in [0.1, 0.15) is 23.2 Å². The number of likely N-dealkylation sites (tertiary alicyclic amines) is 1. The highest BCUT2D eigenvalue weighted by atomic mass is 16.5. The predicted octanol–water partition coefficient (Wildman–Crippen LogP) is 1.99. The van der Waals surface area contributed by atoms with Crippen molar-refractivity contribution in [2.24, 2.45) is 5.92 Å². The summed E-state index contributed by atoms with van der Waals surface area (Å²) < 4.78 is 8.34. The molecule has 3 aromatic rings. The van der Waals surface area contributed by atoms with Gasteiger partial charge in [-0.3, -0.25) is 9.59 Å². The molecule has 0 unspecified atom stereocenters. The van der Waals surface area contributed by atoms with Gasteiger partial charge in [0.15, 0.2) is 5.82 Å². The molecule has 0 saturated carbocycles. The summed E-state index contributed by atoms with van der Waals surface area (Å²) in [5.74, 6) is 1.59. The first-order valence-corrected chi connectivity index (χ1v) is 9.65. The molecule has 1 amide bonds. The van der Waals surface area contributed by atoms with Gasteiger partial charge >= 0.3 is 0 Å². The van der Waals surface area contributed by atoms with E-state index in [1.165, 1.54) is 10.7 Å². The number of ether oxygens (including phenoxy) is 1. The molecule has 0 spiro atoms. The van der Waals surface area contributed by atoms with Gasteiger partial charge in [-0.25, -0.2) is 9.36 Å². The van der Waals surface area contributed by atoms with Crippen molar-refractivity contribution in [2.45, 2.75) is 19.4 Å². The fourth-order valence-electron chi connectivity index (χ4n) is 3.60. The van der Waals surface area contributed by atoms with Crippen molar-refractivity contribution < 1.29 is 9.53 Å². The lowest BCUT2D eigenvalue weighted by atomic mass is 9.96. The third-order valence-corrected chi connectivity index (χ3v) is 5.24. The van der Waals surface area contributed by atoms with Gasteiger partial charge in [0, 0.05) is 43.7 Å². The first kappa shape index (κ1) is 18.9. The van der Waals surface area contributed by atoms with Gasteiger partial charge in [-0.05, 0) is 49.1 Å². The van der Waals surface area contributed by atoms with Gasteiger partial charge < -0.3 is 9.64 Å². The number of methoxy groups -OCH3 is 1. The first-order valence-electron chi connectivity index (χ1n) is 9.65. The number of rotatable bonds is 5. The highest BCUT2D eigenvalue weighted by molar-refractivity contribution is 5.94. The fourth-order valence-corrected chi connectivity index (χ4v) is 3.60. The maximum atomic E-state index is 12.8. The number of hydrogen-bond acceptors (Lipinski definition) is 5. The molecule has 29 heavy (non-hydrogen) atoms. The van der Waals surface area contributed by atoms with E-state index in [1.54, 1.807) is 42.4 Å². The second-order valence-corrected chi connectivity index (χ2v) is 7.13. The molecule has 0 radical (unpaired) electrons. The standard InChI is InChI=1S/C21H23N5O3/c1-29-18-5-2-4-17(14-18)21(28)24-12-8-16(9-13-24)15-26-20(27)7-6-19(23-26)25-11-3-10-22-25/h2-7,10-11,14,16H,8-9,12-13,15H2,1H3. The minimum atomic E-state index is -0.129. The summed E-state index contributed by atoms with van der Waals surface area (Å²) in [5, 5.41) is 8.60. The Kier molecular flexibility index (Phi) is 5.41. The van der Waals surface area contributed by atoms with E-state index in [9.17, 15) is 9.59 Å². The van der Waals surface area contributed by atoms with E-state index < -0.39 is 0 Å². The Bertz CT molecular complexity index is 1040. The zero-order chi connectivity index (χ0) is 20.2. The van der Waals surface area contributed by atoms with Crippen LogP contribution in [0, 0.1) is 5.92 Å². The van der Waals surface area contributed by atoms with E-state index in [0.717, 1.165) is 12.8 Å². The number of carbonyl (C=O) groups is 1. The largest absolute Gasteiger partial charge is 0.497 e. The van der Waals surface area contributed by atoms with Crippen LogP contribution in [0.4, 0.5) is 0 Å². The number of amides is 1. The van der Waals surface area contributed by atoms with Crippen LogP contribution in [0.15, 0.2) is 59.7 Å². The normalized spacial score (nSPS) is 14.7. The Morgan fingerprint density at radius 2 is 2.00 bits per heavy atom. The number of hydrogen-bond donors (Lipinski definition) is 0. The van der Waals surface area contributed by atoms with Crippen LogP contribution in [0.5, 0.6) is 5.75 Å². The van der Waals surface area contributed by atoms with Gasteiger partial charge in [-0.15, -0.1) is 5.10 Å². The van der Waals surface area contributed by atoms with E-state index >= 15 is 0 Å². The Labute approximate surface area is 168 Å². The lowest BCUT2D eigenvalue weighted by Crippen LogP contribution is -2.40. The van der Waals surface area contributed by atoms with Crippen LogP contribution < -0.4 is 10.3 Å². The zero-order valence-corrected chi connectivity index (χ0v) is 16.3. The summed E-state index contributed by atoms with van der Waals surface area (Å²) >= 11 is 0. The minimum Gasteiger partial charge on any atom is -0.497 e. The lowest BCUT2D eigenvalue weighted by Gasteiger charge is -2.32. The average molecular weight is 393 g/mol. The lowest BCUT2D eigenvalue weighted by molar-refractivity contribution is 0.0680. The SMILES string of the molecule is COc1cccc(C(=O)N2CCC(Cn3nc(-n4cccn4)ccc3=O)CC2)c1. The molecule has 1 aliphatic rings. The molecule has 0 bridgehead atoms. The molecule has 1 fully saturated rings. The Morgan fingerprint density at radius 1 is 1.17 bits per heavy atom. The van der Waals surface area contributed by atoms with E-state index in [-0.39, 0.29) is 11.5 Å². The second kappa shape index (κ2) is 8.30. The number of benzene rings is 1. The maximum absolute atomic E-state index is 12.8. The Balaban J connectivity index is 1.39. The quantitative estimate of drug-likeness (QED) is 0.662. The van der Waals surface area contributed by atoms with Gasteiger partial charge in [0.2, 0.25) is 0 Å². The van der Waals surface area contributed by atoms with Crippen LogP contribution in [0.2, 0.25) is 0 Å². The second-order valence-electron chi connectivity index (χ2n) is 7.13. The number of nitrogens with zero attached hydrogens (tertiary/aromatic N) is 5. The number of aromatic nitrogens is 4. The van der Waals surface area contributed by atoms with E-state index in [1.807, 2.05) is 23.1 Å². The van der Waals surface area contributed by atoms with Gasteiger partial charge in [0.1, 0.15) is 5.75 Å². The van der Waals surface area contributed by atoms with Crippen molar-refractivity contribution in [1.29, 1.82) is 0 Å². The van der Waals surface area contributed by atoms with E-state index in [0.29, 0.717) is 42.7 Å². The smallest absolute Gasteiger partial charge is 0.266 e. The van der Waals surface area contributed by atoms with Gasteiger partial charge in [-0.2, -0.15) is 5.10 Å². The molecule has 0 aliphatic carbocycles. The van der Waals surface area contributed by atoms with Crippen molar-refractivity contribution in [2.75, 3.05) is 20.2 Å². The van der Waals surface area contributed by atoms with Crippen LogP contribution in [0.25, 0.3) is 5.82 Å². The zero-order valence-electron chi connectivity index (χ0n) is 16.3. The van der Waals surface area contributed by atoms with E-state index in [4.69, 9.17) is 4.74 Å². The van der Waals surface area contributed by atoms with Gasteiger partial charge in [-0.1, -0.05) is 6.07 Å². The Hall–Kier alpha value is -3.42. The highest BCUT2D eigenvalue weighted by Gasteiger charge is 2.24. The summed E-state index contributed by atoms with van der Waals surface area (Å²) in [7, 11) is 1.59. The van der Waals surface area contributed by atoms with Gasteiger partial charge in [0.05, 0.1) is 7.11 Å². The minimum absolute atomic E-state index is 0.0123. The van der Waals surface area contributed by atoms with Crippen LogP contribution in [-0.4, -0.2) is 50.6 Å². The molecule has 8 heteroatoms. The monoisotopic (exact) mass is 393 g/mol. The summed E-state index contributed by atoms with van der Waals surface area (Å²) in [5.41, 5.74) is 0.503. The third kappa shape index (κ3) is 4.21. The topological polar surface area (TPSA) is 82.2 Å². The molecule has 1 aromatic carbocycles. The molecular formula is C21H23N5O3. The maximum Gasteiger partial charge on any atom is 0.266 e. The molecular weight excluding hydrogens is 370 g/mol. The molecule has 8 nitrogen and oxygen atoms in total. The summed E-state index contributed by atoms with van der Waals surface area (Å²) in [6.45, 7) is 1.86. The van der Waals surface area contributed by atoms with Gasteiger partial charge in [0.25, 0.3) is 11.5 Å². The predicted molar refractivity (Wildman–Crippen MR) is 107 cm³/mol. The van der Waals surface area contributed by atoms with Crippen molar-refractivity contribution >= 4 is 5.91 Å². The third-order valence-electron chi connectivity index (χ3n) is 5.24. The average Bonchev–Trinajstić information content (AvgIpc) is 3.30. The van der Waals surface area contributed by atoms with Crippen molar-refractivity contribution in [3.8, 4) is 11.6 Å². The highest BCUT2D eigenvalue weighted by Crippen LogP contribution is 2.21. The van der Waals surface area contributed by atoms with E-state index in [2.05, 4.69) is 10.2 Å². The summed E-state index contributed by atoms with van der Waals surface area (Å²) in [6.07, 6.45) is 5.12. The summed E-state index contributed by atoms with van der Waals surface area (Å²) in [4.78, 5) is 26.8. The molecule has 1 aliphatic heterocycles. The fraction of sp³-hybridized carbons (Fsp3) is 0.333. The van der Waals surface area contributed by atoms with Crippen molar-refractivity contribution in [1.82, 2.24) is 24.5 Å². The molecule has 150 valence electrons. The Morgan fingerprint density at radius 3 is 2.72 bits per heavy atom. The van der Waals surface area contributed by atoms with Crippen molar-refractivity contribution in [3.05, 3.63) is 70.8 Å². The number of carbonyl (C=O) groups excluding carboxylic acids is 1. The molecule has 0 N–H and O–H groups in total. The molecule has 1 saturated heterocycles. The summed E-state index contributed by atoms with van der Waals surface area (Å²) in [6, 6.07) is 12.2. The molecule has 4 rings (SSSR count). The number of piperidine rings is 1. The molecule has 3 heterocycles.